The van der Waals surface area contributed by atoms with Gasteiger partial charge in [-0.05, 0) is 17.7 Å². The number of rotatable bonds is 6. The number of halogens is 1. The van der Waals surface area contributed by atoms with Gasteiger partial charge in [0, 0.05) is 18.8 Å². The van der Waals surface area contributed by atoms with Crippen LogP contribution in [0.2, 0.25) is 0 Å². The lowest BCUT2D eigenvalue weighted by atomic mass is 10.1. The SMILES string of the molecule is CON(C)C(=O)Nc1cccc(OCC(Cl)c2ccccc2)c1. The Morgan fingerprint density at radius 2 is 1.96 bits per heavy atom. The molecule has 0 spiro atoms. The third kappa shape index (κ3) is 5.16. The molecule has 0 radical (unpaired) electrons. The van der Waals surface area contributed by atoms with E-state index in [2.05, 4.69) is 5.32 Å². The molecule has 2 rings (SSSR count). The Morgan fingerprint density at radius 3 is 2.65 bits per heavy atom. The molecule has 2 aromatic carbocycles. The van der Waals surface area contributed by atoms with Crippen molar-refractivity contribution < 1.29 is 14.4 Å². The molecule has 2 aromatic rings. The van der Waals surface area contributed by atoms with Crippen molar-refractivity contribution in [3.05, 3.63) is 60.2 Å². The Labute approximate surface area is 140 Å². The van der Waals surface area contributed by atoms with E-state index in [-0.39, 0.29) is 11.4 Å². The zero-order chi connectivity index (χ0) is 16.7. The highest BCUT2D eigenvalue weighted by Crippen LogP contribution is 2.23. The Bertz CT molecular complexity index is 637. The standard InChI is InChI=1S/C17H19ClN2O3/c1-20(22-2)17(21)19-14-9-6-10-15(11-14)23-12-16(18)13-7-4-3-5-8-13/h3-11,16H,12H2,1-2H3,(H,19,21). The van der Waals surface area contributed by atoms with Crippen LogP contribution in [-0.2, 0) is 4.84 Å². The van der Waals surface area contributed by atoms with Crippen LogP contribution in [0.5, 0.6) is 5.75 Å². The zero-order valence-electron chi connectivity index (χ0n) is 13.0. The summed E-state index contributed by atoms with van der Waals surface area (Å²) in [5.74, 6) is 0.629. The van der Waals surface area contributed by atoms with E-state index >= 15 is 0 Å². The molecule has 1 N–H and O–H groups in total. The maximum absolute atomic E-state index is 11.7. The largest absolute Gasteiger partial charge is 0.492 e. The van der Waals surface area contributed by atoms with Crippen molar-refractivity contribution in [2.75, 3.05) is 26.1 Å². The first-order valence-electron chi connectivity index (χ1n) is 7.11. The van der Waals surface area contributed by atoms with Crippen LogP contribution in [0.15, 0.2) is 54.6 Å². The number of hydrogen-bond donors (Lipinski definition) is 1. The number of hydrogen-bond acceptors (Lipinski definition) is 3. The predicted octanol–water partition coefficient (Wildman–Crippen LogP) is 4.07. The zero-order valence-corrected chi connectivity index (χ0v) is 13.8. The number of nitrogens with one attached hydrogen (secondary N) is 1. The molecular weight excluding hydrogens is 316 g/mol. The number of nitrogens with zero attached hydrogens (tertiary/aromatic N) is 1. The lowest BCUT2D eigenvalue weighted by Gasteiger charge is -2.16. The quantitative estimate of drug-likeness (QED) is 0.640. The second-order valence-electron chi connectivity index (χ2n) is 4.83. The fraction of sp³-hybridized carbons (Fsp3) is 0.235. The van der Waals surface area contributed by atoms with E-state index in [1.54, 1.807) is 18.2 Å². The molecule has 2 amide bonds. The Hall–Kier alpha value is -2.24. The lowest BCUT2D eigenvalue weighted by Crippen LogP contribution is -2.30. The van der Waals surface area contributed by atoms with Crippen LogP contribution >= 0.6 is 11.6 Å². The van der Waals surface area contributed by atoms with Gasteiger partial charge in [0.15, 0.2) is 0 Å². The smallest absolute Gasteiger partial charge is 0.345 e. The van der Waals surface area contributed by atoms with Crippen LogP contribution in [0.3, 0.4) is 0 Å². The number of carbonyl (C=O) groups is 1. The van der Waals surface area contributed by atoms with E-state index in [9.17, 15) is 4.79 Å². The van der Waals surface area contributed by atoms with Crippen LogP contribution in [0.1, 0.15) is 10.9 Å². The molecule has 0 aromatic heterocycles. The van der Waals surface area contributed by atoms with Gasteiger partial charge in [0.1, 0.15) is 12.4 Å². The molecule has 6 heteroatoms. The van der Waals surface area contributed by atoms with Crippen molar-refractivity contribution in [3.63, 3.8) is 0 Å². The normalized spacial score (nSPS) is 11.6. The van der Waals surface area contributed by atoms with E-state index < -0.39 is 0 Å². The molecule has 0 saturated carbocycles. The highest BCUT2D eigenvalue weighted by molar-refractivity contribution is 6.20. The summed E-state index contributed by atoms with van der Waals surface area (Å²) in [7, 11) is 2.94. The minimum absolute atomic E-state index is 0.242. The second kappa shape index (κ2) is 8.41. The molecule has 0 fully saturated rings. The molecule has 1 unspecified atom stereocenters. The van der Waals surface area contributed by atoms with Crippen LogP contribution in [0.4, 0.5) is 10.5 Å². The van der Waals surface area contributed by atoms with Gasteiger partial charge in [0.05, 0.1) is 12.5 Å². The van der Waals surface area contributed by atoms with E-state index in [4.69, 9.17) is 21.2 Å². The monoisotopic (exact) mass is 334 g/mol. The number of alkyl halides is 1. The predicted molar refractivity (Wildman–Crippen MR) is 90.8 cm³/mol. The molecule has 0 saturated heterocycles. The fourth-order valence-electron chi connectivity index (χ4n) is 1.88. The molecule has 0 aliphatic heterocycles. The van der Waals surface area contributed by atoms with Gasteiger partial charge in [-0.25, -0.2) is 9.86 Å². The molecule has 0 aliphatic carbocycles. The van der Waals surface area contributed by atoms with Crippen molar-refractivity contribution >= 4 is 23.3 Å². The molecule has 122 valence electrons. The van der Waals surface area contributed by atoms with Crippen LogP contribution in [-0.4, -0.2) is 31.9 Å². The lowest BCUT2D eigenvalue weighted by molar-refractivity contribution is -0.0598. The fourth-order valence-corrected chi connectivity index (χ4v) is 2.08. The Morgan fingerprint density at radius 1 is 1.22 bits per heavy atom. The summed E-state index contributed by atoms with van der Waals surface area (Å²) in [6.07, 6.45) is 0. The first-order chi connectivity index (χ1) is 11.1. The van der Waals surface area contributed by atoms with Gasteiger partial charge in [-0.3, -0.25) is 4.84 Å². The first-order valence-corrected chi connectivity index (χ1v) is 7.54. The summed E-state index contributed by atoms with van der Waals surface area (Å²) < 4.78 is 5.70. The van der Waals surface area contributed by atoms with E-state index in [0.717, 1.165) is 10.6 Å². The average molecular weight is 335 g/mol. The molecule has 0 aliphatic rings. The van der Waals surface area contributed by atoms with Gasteiger partial charge < -0.3 is 10.1 Å². The Balaban J connectivity index is 1.93. The Kier molecular flexibility index (Phi) is 6.26. The van der Waals surface area contributed by atoms with Gasteiger partial charge in [-0.15, -0.1) is 11.6 Å². The molecule has 0 heterocycles. The highest BCUT2D eigenvalue weighted by Gasteiger charge is 2.10. The summed E-state index contributed by atoms with van der Waals surface area (Å²) in [6.45, 7) is 0.334. The number of urea groups is 1. The van der Waals surface area contributed by atoms with E-state index in [1.807, 2.05) is 36.4 Å². The summed E-state index contributed by atoms with van der Waals surface area (Å²) in [5.41, 5.74) is 1.61. The minimum Gasteiger partial charge on any atom is -0.492 e. The van der Waals surface area contributed by atoms with E-state index in [0.29, 0.717) is 18.0 Å². The number of hydroxylamine groups is 2. The number of amides is 2. The number of carbonyl (C=O) groups excluding carboxylic acids is 1. The summed E-state index contributed by atoms with van der Waals surface area (Å²) in [5, 5.41) is 3.55. The minimum atomic E-state index is -0.371. The number of anilines is 1. The third-order valence-corrected chi connectivity index (χ3v) is 3.58. The molecule has 23 heavy (non-hydrogen) atoms. The highest BCUT2D eigenvalue weighted by atomic mass is 35.5. The average Bonchev–Trinajstić information content (AvgIpc) is 2.60. The van der Waals surface area contributed by atoms with Gasteiger partial charge in [-0.1, -0.05) is 36.4 Å². The van der Waals surface area contributed by atoms with Gasteiger partial charge in [0.25, 0.3) is 0 Å². The van der Waals surface area contributed by atoms with Gasteiger partial charge in [-0.2, -0.15) is 0 Å². The molecule has 1 atom stereocenters. The van der Waals surface area contributed by atoms with Crippen LogP contribution in [0.25, 0.3) is 0 Å². The summed E-state index contributed by atoms with van der Waals surface area (Å²) in [6, 6.07) is 16.5. The van der Waals surface area contributed by atoms with Crippen molar-refractivity contribution in [1.82, 2.24) is 5.06 Å². The van der Waals surface area contributed by atoms with Crippen molar-refractivity contribution in [2.24, 2.45) is 0 Å². The van der Waals surface area contributed by atoms with Gasteiger partial charge >= 0.3 is 6.03 Å². The number of ether oxygens (including phenoxy) is 1. The maximum Gasteiger partial charge on any atom is 0.345 e. The first kappa shape index (κ1) is 17.1. The summed E-state index contributed by atoms with van der Waals surface area (Å²) in [4.78, 5) is 16.5. The van der Waals surface area contributed by atoms with Crippen molar-refractivity contribution in [3.8, 4) is 5.75 Å². The summed E-state index contributed by atoms with van der Waals surface area (Å²) >= 11 is 6.32. The van der Waals surface area contributed by atoms with Crippen molar-refractivity contribution in [2.45, 2.75) is 5.38 Å². The topological polar surface area (TPSA) is 50.8 Å². The maximum atomic E-state index is 11.7. The molecule has 5 nitrogen and oxygen atoms in total. The molecular formula is C17H19ClN2O3. The van der Waals surface area contributed by atoms with Crippen molar-refractivity contribution in [1.29, 1.82) is 0 Å². The molecule has 0 bridgehead atoms. The van der Waals surface area contributed by atoms with E-state index in [1.165, 1.54) is 14.2 Å². The van der Waals surface area contributed by atoms with Gasteiger partial charge in [0.2, 0.25) is 0 Å². The second-order valence-corrected chi connectivity index (χ2v) is 5.35. The third-order valence-electron chi connectivity index (χ3n) is 3.20. The van der Waals surface area contributed by atoms with Crippen LogP contribution in [0, 0.1) is 0 Å². The van der Waals surface area contributed by atoms with Crippen LogP contribution < -0.4 is 10.1 Å². The number of benzene rings is 2.